The van der Waals surface area contributed by atoms with Crippen molar-refractivity contribution in [2.75, 3.05) is 13.1 Å². The molecule has 1 saturated heterocycles. The van der Waals surface area contributed by atoms with E-state index in [2.05, 4.69) is 4.98 Å². The lowest BCUT2D eigenvalue weighted by Crippen LogP contribution is -2.49. The molecule has 2 N–H and O–H groups in total. The highest BCUT2D eigenvalue weighted by Gasteiger charge is 2.40. The normalized spacial score (nSPS) is 22.8. The standard InChI is InChI=1S/C21H20FN3O3/c22-14-4-5-15-16(8-23-17(15)7-14)20(21(27)28)24-9-12-6-13(11-24)18-2-1-3-19(26)25(18)10-12/h1-5,7-8,12-13,20,23H,6,9-11H2,(H,27,28)/t12-,13-,20-/m1/s1. The van der Waals surface area contributed by atoms with E-state index in [1.807, 2.05) is 15.5 Å². The summed E-state index contributed by atoms with van der Waals surface area (Å²) in [6.45, 7) is 1.81. The number of aliphatic carboxylic acids is 1. The van der Waals surface area contributed by atoms with Gasteiger partial charge in [0.1, 0.15) is 11.9 Å². The molecule has 0 saturated carbocycles. The number of nitrogens with one attached hydrogen (secondary N) is 1. The van der Waals surface area contributed by atoms with E-state index in [1.54, 1.807) is 24.4 Å². The van der Waals surface area contributed by atoms with Gasteiger partial charge in [-0.05, 0) is 36.6 Å². The van der Waals surface area contributed by atoms with Crippen LogP contribution in [0.5, 0.6) is 0 Å². The van der Waals surface area contributed by atoms with Crippen molar-refractivity contribution in [3.05, 3.63) is 70.0 Å². The molecule has 6 nitrogen and oxygen atoms in total. The van der Waals surface area contributed by atoms with Crippen LogP contribution in [0.3, 0.4) is 0 Å². The van der Waals surface area contributed by atoms with Crippen molar-refractivity contribution in [3.63, 3.8) is 0 Å². The molecule has 4 heterocycles. The quantitative estimate of drug-likeness (QED) is 0.731. The van der Waals surface area contributed by atoms with Crippen molar-refractivity contribution in [1.82, 2.24) is 14.5 Å². The van der Waals surface area contributed by atoms with Gasteiger partial charge in [-0.15, -0.1) is 0 Å². The maximum atomic E-state index is 13.5. The van der Waals surface area contributed by atoms with Gasteiger partial charge in [0.05, 0.1) is 0 Å². The zero-order valence-corrected chi connectivity index (χ0v) is 15.1. The first-order valence-electron chi connectivity index (χ1n) is 9.44. The average Bonchev–Trinajstić information content (AvgIpc) is 3.05. The second kappa shape index (κ2) is 6.31. The van der Waals surface area contributed by atoms with Crippen LogP contribution in [0, 0.1) is 11.7 Å². The van der Waals surface area contributed by atoms with Gasteiger partial charge in [-0.3, -0.25) is 14.5 Å². The lowest BCUT2D eigenvalue weighted by atomic mass is 9.82. The number of carboxylic acid groups (broad SMARTS) is 1. The molecule has 28 heavy (non-hydrogen) atoms. The smallest absolute Gasteiger partial charge is 0.325 e. The first-order valence-corrected chi connectivity index (χ1v) is 9.44. The Morgan fingerprint density at radius 1 is 1.21 bits per heavy atom. The fourth-order valence-electron chi connectivity index (χ4n) is 4.98. The first kappa shape index (κ1) is 17.2. The number of carbonyl (C=O) groups is 1. The molecule has 2 aliphatic rings. The van der Waals surface area contributed by atoms with Crippen LogP contribution in [0.1, 0.15) is 29.6 Å². The minimum absolute atomic E-state index is 0.00842. The fraction of sp³-hybridized carbons (Fsp3) is 0.333. The number of piperidine rings is 1. The van der Waals surface area contributed by atoms with Gasteiger partial charge in [0.25, 0.3) is 5.56 Å². The second-order valence-corrected chi connectivity index (χ2v) is 7.83. The minimum atomic E-state index is -0.921. The fourth-order valence-corrected chi connectivity index (χ4v) is 4.98. The molecular weight excluding hydrogens is 361 g/mol. The highest BCUT2D eigenvalue weighted by molar-refractivity contribution is 5.89. The molecule has 5 rings (SSSR count). The topological polar surface area (TPSA) is 78.3 Å². The Morgan fingerprint density at radius 2 is 2.07 bits per heavy atom. The number of hydrogen-bond donors (Lipinski definition) is 2. The van der Waals surface area contributed by atoms with Crippen LogP contribution in [0.2, 0.25) is 0 Å². The summed E-state index contributed by atoms with van der Waals surface area (Å²) in [5.41, 5.74) is 2.23. The molecule has 2 aromatic heterocycles. The average molecular weight is 381 g/mol. The number of nitrogens with zero attached hydrogens (tertiary/aromatic N) is 2. The first-order chi connectivity index (χ1) is 13.5. The summed E-state index contributed by atoms with van der Waals surface area (Å²) in [5.74, 6) is -0.917. The van der Waals surface area contributed by atoms with E-state index in [9.17, 15) is 19.1 Å². The molecular formula is C21H20FN3O3. The van der Waals surface area contributed by atoms with Gasteiger partial charge in [0.2, 0.25) is 0 Å². The Bertz CT molecular complexity index is 1140. The van der Waals surface area contributed by atoms with E-state index in [0.29, 0.717) is 30.7 Å². The molecule has 0 aliphatic carbocycles. The van der Waals surface area contributed by atoms with E-state index < -0.39 is 12.0 Å². The van der Waals surface area contributed by atoms with Crippen molar-refractivity contribution in [3.8, 4) is 0 Å². The van der Waals surface area contributed by atoms with Crippen LogP contribution in [0.25, 0.3) is 10.9 Å². The third-order valence-electron chi connectivity index (χ3n) is 6.08. The zero-order valence-electron chi connectivity index (χ0n) is 15.1. The third-order valence-corrected chi connectivity index (χ3v) is 6.08. The summed E-state index contributed by atoms with van der Waals surface area (Å²) in [6, 6.07) is 8.87. The Morgan fingerprint density at radius 3 is 2.89 bits per heavy atom. The van der Waals surface area contributed by atoms with E-state index in [1.165, 1.54) is 12.1 Å². The van der Waals surface area contributed by atoms with E-state index >= 15 is 0 Å². The number of fused-ring (bicyclic) bond motifs is 5. The second-order valence-electron chi connectivity index (χ2n) is 7.83. The van der Waals surface area contributed by atoms with Crippen LogP contribution in [-0.2, 0) is 11.3 Å². The molecule has 1 fully saturated rings. The SMILES string of the molecule is O=C(O)[C@@H](c1c[nH]c2cc(F)ccc12)N1C[C@H]2C[C@H](C1)c1cccc(=O)n1C2. The number of benzene rings is 1. The number of likely N-dealkylation sites (tertiary alicyclic amines) is 1. The van der Waals surface area contributed by atoms with Crippen molar-refractivity contribution in [2.45, 2.75) is 24.9 Å². The van der Waals surface area contributed by atoms with Crippen molar-refractivity contribution >= 4 is 16.9 Å². The Balaban J connectivity index is 1.54. The molecule has 144 valence electrons. The molecule has 0 unspecified atom stereocenters. The summed E-state index contributed by atoms with van der Waals surface area (Å²) >= 11 is 0. The van der Waals surface area contributed by atoms with Crippen LogP contribution in [0.4, 0.5) is 4.39 Å². The van der Waals surface area contributed by atoms with Gasteiger partial charge in [-0.1, -0.05) is 6.07 Å². The predicted molar refractivity (Wildman–Crippen MR) is 102 cm³/mol. The van der Waals surface area contributed by atoms with Crippen LogP contribution in [0.15, 0.2) is 47.4 Å². The predicted octanol–water partition coefficient (Wildman–Crippen LogP) is 2.71. The summed E-state index contributed by atoms with van der Waals surface area (Å²) in [4.78, 5) is 29.4. The molecule has 2 aliphatic heterocycles. The number of H-pyrrole nitrogens is 1. The molecule has 0 amide bonds. The number of carboxylic acids is 1. The lowest BCUT2D eigenvalue weighted by molar-refractivity contribution is -0.144. The number of aromatic amines is 1. The van der Waals surface area contributed by atoms with Gasteiger partial charge in [-0.25, -0.2) is 4.39 Å². The van der Waals surface area contributed by atoms with Gasteiger partial charge >= 0.3 is 5.97 Å². The van der Waals surface area contributed by atoms with E-state index in [4.69, 9.17) is 0 Å². The molecule has 0 spiro atoms. The minimum Gasteiger partial charge on any atom is -0.480 e. The van der Waals surface area contributed by atoms with Crippen molar-refractivity contribution in [2.24, 2.45) is 5.92 Å². The molecule has 7 heteroatoms. The Labute approximate surface area is 160 Å². The molecule has 3 atom stereocenters. The summed E-state index contributed by atoms with van der Waals surface area (Å²) < 4.78 is 15.3. The van der Waals surface area contributed by atoms with Crippen molar-refractivity contribution < 1.29 is 14.3 Å². The molecule has 2 bridgehead atoms. The Hall–Kier alpha value is -2.93. The highest BCUT2D eigenvalue weighted by atomic mass is 19.1. The van der Waals surface area contributed by atoms with E-state index in [-0.39, 0.29) is 23.2 Å². The molecule has 0 radical (unpaired) electrons. The maximum absolute atomic E-state index is 13.5. The number of halogens is 1. The van der Waals surface area contributed by atoms with Crippen LogP contribution >= 0.6 is 0 Å². The highest BCUT2D eigenvalue weighted by Crippen LogP contribution is 2.39. The summed E-state index contributed by atoms with van der Waals surface area (Å²) in [6.07, 6.45) is 2.64. The van der Waals surface area contributed by atoms with E-state index in [0.717, 1.165) is 17.5 Å². The van der Waals surface area contributed by atoms with Gasteiger partial charge in [0.15, 0.2) is 0 Å². The third kappa shape index (κ3) is 2.65. The summed E-state index contributed by atoms with van der Waals surface area (Å²) in [5, 5.41) is 10.8. The molecule has 3 aromatic rings. The number of aromatic nitrogens is 2. The van der Waals surface area contributed by atoms with Gasteiger partial charge in [-0.2, -0.15) is 0 Å². The number of hydrogen-bond acceptors (Lipinski definition) is 3. The van der Waals surface area contributed by atoms with Gasteiger partial charge < -0.3 is 14.7 Å². The maximum Gasteiger partial charge on any atom is 0.325 e. The Kier molecular flexibility index (Phi) is 3.87. The van der Waals surface area contributed by atoms with Gasteiger partial charge in [0, 0.05) is 60.0 Å². The number of pyridine rings is 1. The number of rotatable bonds is 3. The van der Waals surface area contributed by atoms with Crippen LogP contribution < -0.4 is 5.56 Å². The summed E-state index contributed by atoms with van der Waals surface area (Å²) in [7, 11) is 0. The van der Waals surface area contributed by atoms with Crippen molar-refractivity contribution in [1.29, 1.82) is 0 Å². The largest absolute Gasteiger partial charge is 0.480 e. The lowest BCUT2D eigenvalue weighted by Gasteiger charge is -2.44. The monoisotopic (exact) mass is 381 g/mol. The zero-order chi connectivity index (χ0) is 19.4. The van der Waals surface area contributed by atoms with Crippen LogP contribution in [-0.4, -0.2) is 38.6 Å². The molecule has 1 aromatic carbocycles.